The van der Waals surface area contributed by atoms with Gasteiger partial charge in [-0.25, -0.2) is 4.39 Å². The molecule has 104 valence electrons. The van der Waals surface area contributed by atoms with E-state index in [9.17, 15) is 9.18 Å². The van der Waals surface area contributed by atoms with Gasteiger partial charge in [-0.15, -0.1) is 0 Å². The van der Waals surface area contributed by atoms with Gasteiger partial charge >= 0.3 is 5.97 Å². The molecule has 0 aliphatic carbocycles. The summed E-state index contributed by atoms with van der Waals surface area (Å²) in [4.78, 5) is 12.9. The third-order valence-corrected chi connectivity index (χ3v) is 4.35. The number of hydrogen-bond acceptors (Lipinski definition) is 2. The number of benzene rings is 1. The summed E-state index contributed by atoms with van der Waals surface area (Å²) in [5.74, 6) is -0.657. The van der Waals surface area contributed by atoms with Crippen LogP contribution in [-0.4, -0.2) is 29.1 Å². The minimum Gasteiger partial charge on any atom is -0.481 e. The highest BCUT2D eigenvalue weighted by molar-refractivity contribution is 9.10. The van der Waals surface area contributed by atoms with Gasteiger partial charge in [0, 0.05) is 17.4 Å². The van der Waals surface area contributed by atoms with Crippen LogP contribution in [0.1, 0.15) is 24.8 Å². The van der Waals surface area contributed by atoms with Gasteiger partial charge in [-0.05, 0) is 55.6 Å². The fraction of sp³-hybridized carbons (Fsp3) is 0.500. The van der Waals surface area contributed by atoms with Crippen molar-refractivity contribution in [3.05, 3.63) is 34.1 Å². The molecule has 3 nitrogen and oxygen atoms in total. The molecule has 1 fully saturated rings. The summed E-state index contributed by atoms with van der Waals surface area (Å²) in [5, 5.41) is 8.77. The van der Waals surface area contributed by atoms with Crippen LogP contribution in [0.3, 0.4) is 0 Å². The number of hydrogen-bond donors (Lipinski definition) is 1. The van der Waals surface area contributed by atoms with Gasteiger partial charge in [0.05, 0.1) is 0 Å². The minimum absolute atomic E-state index is 0.223. The van der Waals surface area contributed by atoms with Crippen LogP contribution in [0.4, 0.5) is 4.39 Å². The Kier molecular flexibility index (Phi) is 4.93. The highest BCUT2D eigenvalue weighted by Gasteiger charge is 2.21. The summed E-state index contributed by atoms with van der Waals surface area (Å²) >= 11 is 3.43. The molecule has 0 saturated carbocycles. The van der Waals surface area contributed by atoms with E-state index in [0.29, 0.717) is 6.54 Å². The van der Waals surface area contributed by atoms with E-state index < -0.39 is 5.97 Å². The summed E-state index contributed by atoms with van der Waals surface area (Å²) < 4.78 is 14.1. The standard InChI is InChI=1S/C14H17BrFNO2/c15-13-2-1-12(16)8-11(13)9-17-5-3-10(4-6-17)7-14(18)19/h1-2,8,10H,3-7,9H2,(H,18,19). The van der Waals surface area contributed by atoms with Crippen LogP contribution < -0.4 is 0 Å². The smallest absolute Gasteiger partial charge is 0.303 e. The summed E-state index contributed by atoms with van der Waals surface area (Å²) in [5.41, 5.74) is 0.941. The Morgan fingerprint density at radius 1 is 1.42 bits per heavy atom. The number of aliphatic carboxylic acids is 1. The number of carbonyl (C=O) groups is 1. The van der Waals surface area contributed by atoms with E-state index in [4.69, 9.17) is 5.11 Å². The maximum atomic E-state index is 13.2. The average Bonchev–Trinajstić information content (AvgIpc) is 2.35. The Balaban J connectivity index is 1.88. The molecule has 0 aromatic heterocycles. The van der Waals surface area contributed by atoms with E-state index in [2.05, 4.69) is 20.8 Å². The van der Waals surface area contributed by atoms with Crippen molar-refractivity contribution in [1.82, 2.24) is 4.90 Å². The van der Waals surface area contributed by atoms with Crippen molar-refractivity contribution >= 4 is 21.9 Å². The normalized spacial score (nSPS) is 17.6. The first-order valence-corrected chi connectivity index (χ1v) is 7.22. The van der Waals surface area contributed by atoms with Crippen molar-refractivity contribution in [2.24, 2.45) is 5.92 Å². The molecular weight excluding hydrogens is 313 g/mol. The van der Waals surface area contributed by atoms with E-state index in [1.807, 2.05) is 0 Å². The topological polar surface area (TPSA) is 40.5 Å². The van der Waals surface area contributed by atoms with Crippen LogP contribution in [0.5, 0.6) is 0 Å². The predicted molar refractivity (Wildman–Crippen MR) is 74.4 cm³/mol. The molecule has 19 heavy (non-hydrogen) atoms. The molecule has 0 amide bonds. The van der Waals surface area contributed by atoms with E-state index in [1.165, 1.54) is 6.07 Å². The zero-order valence-corrected chi connectivity index (χ0v) is 12.2. The molecule has 1 aliphatic heterocycles. The number of nitrogens with zero attached hydrogens (tertiary/aromatic N) is 1. The van der Waals surface area contributed by atoms with Crippen molar-refractivity contribution < 1.29 is 14.3 Å². The number of halogens is 2. The lowest BCUT2D eigenvalue weighted by Crippen LogP contribution is -2.34. The molecule has 1 saturated heterocycles. The number of carboxylic acids is 1. The Bertz CT molecular complexity index is 459. The van der Waals surface area contributed by atoms with Crippen molar-refractivity contribution in [3.63, 3.8) is 0 Å². The summed E-state index contributed by atoms with van der Waals surface area (Å²) in [7, 11) is 0. The fourth-order valence-corrected chi connectivity index (χ4v) is 2.87. The lowest BCUT2D eigenvalue weighted by Gasteiger charge is -2.31. The summed E-state index contributed by atoms with van der Waals surface area (Å²) in [6.07, 6.45) is 2.07. The second-order valence-electron chi connectivity index (χ2n) is 5.05. The van der Waals surface area contributed by atoms with Crippen LogP contribution in [0, 0.1) is 11.7 Å². The van der Waals surface area contributed by atoms with Crippen LogP contribution in [-0.2, 0) is 11.3 Å². The number of piperidine rings is 1. The first-order valence-electron chi connectivity index (χ1n) is 6.42. The predicted octanol–water partition coefficient (Wildman–Crippen LogP) is 3.27. The van der Waals surface area contributed by atoms with Crippen molar-refractivity contribution in [3.8, 4) is 0 Å². The molecule has 0 spiro atoms. The molecule has 1 heterocycles. The highest BCUT2D eigenvalue weighted by Crippen LogP contribution is 2.24. The molecule has 5 heteroatoms. The fourth-order valence-electron chi connectivity index (χ4n) is 2.50. The van der Waals surface area contributed by atoms with E-state index in [0.717, 1.165) is 36.0 Å². The van der Waals surface area contributed by atoms with Gasteiger partial charge in [-0.1, -0.05) is 15.9 Å². The average molecular weight is 330 g/mol. The van der Waals surface area contributed by atoms with Crippen LogP contribution in [0.15, 0.2) is 22.7 Å². The van der Waals surface area contributed by atoms with Crippen molar-refractivity contribution in [2.75, 3.05) is 13.1 Å². The van der Waals surface area contributed by atoms with Gasteiger partial charge in [-0.3, -0.25) is 9.69 Å². The van der Waals surface area contributed by atoms with Crippen molar-refractivity contribution in [2.45, 2.75) is 25.8 Å². The van der Waals surface area contributed by atoms with Gasteiger partial charge in [0.15, 0.2) is 0 Å². The van der Waals surface area contributed by atoms with Crippen LogP contribution >= 0.6 is 15.9 Å². The maximum absolute atomic E-state index is 13.2. The molecule has 0 atom stereocenters. The Hall–Kier alpha value is -0.940. The van der Waals surface area contributed by atoms with E-state index in [-0.39, 0.29) is 18.2 Å². The zero-order valence-electron chi connectivity index (χ0n) is 10.6. The third kappa shape index (κ3) is 4.28. The highest BCUT2D eigenvalue weighted by atomic mass is 79.9. The van der Waals surface area contributed by atoms with Gasteiger partial charge in [0.1, 0.15) is 5.82 Å². The largest absolute Gasteiger partial charge is 0.481 e. The minimum atomic E-state index is -0.716. The molecule has 0 bridgehead atoms. The molecule has 1 aliphatic rings. The molecule has 0 unspecified atom stereocenters. The quantitative estimate of drug-likeness (QED) is 0.921. The van der Waals surface area contributed by atoms with Crippen LogP contribution in [0.2, 0.25) is 0 Å². The van der Waals surface area contributed by atoms with Gasteiger partial charge in [-0.2, -0.15) is 0 Å². The molecule has 1 aromatic carbocycles. The number of carboxylic acid groups (broad SMARTS) is 1. The second kappa shape index (κ2) is 6.48. The summed E-state index contributed by atoms with van der Waals surface area (Å²) in [6.45, 7) is 2.46. The molecule has 1 N–H and O–H groups in total. The third-order valence-electron chi connectivity index (χ3n) is 3.57. The van der Waals surface area contributed by atoms with Gasteiger partial charge in [0.2, 0.25) is 0 Å². The zero-order chi connectivity index (χ0) is 13.8. The summed E-state index contributed by atoms with van der Waals surface area (Å²) in [6, 6.07) is 4.71. The second-order valence-corrected chi connectivity index (χ2v) is 5.91. The first kappa shape index (κ1) is 14.5. The van der Waals surface area contributed by atoms with Crippen molar-refractivity contribution in [1.29, 1.82) is 0 Å². The number of rotatable bonds is 4. The van der Waals surface area contributed by atoms with E-state index in [1.54, 1.807) is 12.1 Å². The molecule has 2 rings (SSSR count). The monoisotopic (exact) mass is 329 g/mol. The molecular formula is C14H17BrFNO2. The first-order chi connectivity index (χ1) is 9.04. The van der Waals surface area contributed by atoms with Crippen LogP contribution in [0.25, 0.3) is 0 Å². The van der Waals surface area contributed by atoms with Gasteiger partial charge < -0.3 is 5.11 Å². The Labute approximate surface area is 120 Å². The Morgan fingerprint density at radius 3 is 2.74 bits per heavy atom. The number of likely N-dealkylation sites (tertiary alicyclic amines) is 1. The molecule has 1 aromatic rings. The molecule has 0 radical (unpaired) electrons. The van der Waals surface area contributed by atoms with Gasteiger partial charge in [0.25, 0.3) is 0 Å². The SMILES string of the molecule is O=C(O)CC1CCN(Cc2cc(F)ccc2Br)CC1. The Morgan fingerprint density at radius 2 is 2.11 bits per heavy atom. The van der Waals surface area contributed by atoms with E-state index >= 15 is 0 Å². The lowest BCUT2D eigenvalue weighted by atomic mass is 9.93. The lowest BCUT2D eigenvalue weighted by molar-refractivity contribution is -0.138. The maximum Gasteiger partial charge on any atom is 0.303 e.